The molecule has 0 atom stereocenters. The molecular weight excluding hydrogens is 337 g/mol. The minimum atomic E-state index is -0.615. The number of carbonyl (C=O) groups excluding carboxylic acids is 1. The van der Waals surface area contributed by atoms with Crippen LogP contribution in [0.25, 0.3) is 22.4 Å². The van der Waals surface area contributed by atoms with Crippen molar-refractivity contribution in [2.45, 2.75) is 19.8 Å². The van der Waals surface area contributed by atoms with Crippen LogP contribution in [0.2, 0.25) is 0 Å². The number of nitrogens with one attached hydrogen (secondary N) is 1. The van der Waals surface area contributed by atoms with Gasteiger partial charge in [0.1, 0.15) is 11.5 Å². The molecule has 6 nitrogen and oxygen atoms in total. The van der Waals surface area contributed by atoms with Crippen molar-refractivity contribution in [3.05, 3.63) is 54.6 Å². The first-order valence-electron chi connectivity index (χ1n) is 8.29. The first kappa shape index (κ1) is 17.6. The summed E-state index contributed by atoms with van der Waals surface area (Å²) in [5.74, 6) is -0.183. The summed E-state index contributed by atoms with van der Waals surface area (Å²) in [6.45, 7) is 2.33. The molecule has 3 aromatic rings. The molecule has 1 aromatic carbocycles. The molecule has 134 valence electrons. The Morgan fingerprint density at radius 2 is 1.88 bits per heavy atom. The molecule has 0 aliphatic heterocycles. The van der Waals surface area contributed by atoms with Gasteiger partial charge in [-0.2, -0.15) is 0 Å². The smallest absolute Gasteiger partial charge is 0.414 e. The van der Waals surface area contributed by atoms with Gasteiger partial charge in [-0.3, -0.25) is 10.3 Å². The minimum Gasteiger partial charge on any atom is -0.449 e. The van der Waals surface area contributed by atoms with Crippen LogP contribution in [0.3, 0.4) is 0 Å². The highest BCUT2D eigenvalue weighted by Gasteiger charge is 2.21. The summed E-state index contributed by atoms with van der Waals surface area (Å²) >= 11 is 0. The van der Waals surface area contributed by atoms with Crippen molar-refractivity contribution in [2.24, 2.45) is 0 Å². The molecule has 0 saturated carbocycles. The van der Waals surface area contributed by atoms with E-state index in [4.69, 9.17) is 9.26 Å². The molecule has 0 aliphatic carbocycles. The molecule has 0 bridgehead atoms. The number of hydrogen-bond acceptors (Lipinski definition) is 5. The van der Waals surface area contributed by atoms with Crippen LogP contribution in [0.1, 0.15) is 19.8 Å². The Balaban J connectivity index is 1.95. The molecule has 0 unspecified atom stereocenters. The topological polar surface area (TPSA) is 77.2 Å². The Hall–Kier alpha value is -3.22. The Bertz CT molecular complexity index is 863. The summed E-state index contributed by atoms with van der Waals surface area (Å²) in [4.78, 5) is 16.0. The number of ether oxygens (including phenoxy) is 1. The van der Waals surface area contributed by atoms with Gasteiger partial charge in [-0.05, 0) is 48.4 Å². The number of amides is 1. The van der Waals surface area contributed by atoms with Gasteiger partial charge in [0.15, 0.2) is 0 Å². The Kier molecular flexibility index (Phi) is 5.58. The van der Waals surface area contributed by atoms with E-state index in [0.29, 0.717) is 23.4 Å². The average molecular weight is 355 g/mol. The van der Waals surface area contributed by atoms with E-state index in [0.717, 1.165) is 18.4 Å². The van der Waals surface area contributed by atoms with Crippen molar-refractivity contribution < 1.29 is 18.4 Å². The third kappa shape index (κ3) is 4.05. The van der Waals surface area contributed by atoms with Gasteiger partial charge in [-0.15, -0.1) is 0 Å². The van der Waals surface area contributed by atoms with E-state index >= 15 is 0 Å². The molecule has 0 saturated heterocycles. The number of halogens is 1. The van der Waals surface area contributed by atoms with Crippen LogP contribution in [-0.4, -0.2) is 22.8 Å². The van der Waals surface area contributed by atoms with E-state index in [1.807, 2.05) is 6.92 Å². The molecule has 0 spiro atoms. The number of benzene rings is 1. The van der Waals surface area contributed by atoms with Crippen LogP contribution in [0.5, 0.6) is 0 Å². The van der Waals surface area contributed by atoms with Gasteiger partial charge in [0.05, 0.1) is 12.2 Å². The molecule has 7 heteroatoms. The Morgan fingerprint density at radius 1 is 1.15 bits per heavy atom. The van der Waals surface area contributed by atoms with Gasteiger partial charge in [0.25, 0.3) is 0 Å². The van der Waals surface area contributed by atoms with Gasteiger partial charge in [-0.1, -0.05) is 18.5 Å². The molecule has 26 heavy (non-hydrogen) atoms. The number of unbranched alkanes of at least 4 members (excludes halogenated alkanes) is 1. The Morgan fingerprint density at radius 3 is 2.58 bits per heavy atom. The summed E-state index contributed by atoms with van der Waals surface area (Å²) in [7, 11) is 0. The van der Waals surface area contributed by atoms with Crippen molar-refractivity contribution in [3.8, 4) is 22.4 Å². The summed E-state index contributed by atoms with van der Waals surface area (Å²) in [6, 6.07) is 9.42. The fourth-order valence-electron chi connectivity index (χ4n) is 2.40. The predicted octanol–water partition coefficient (Wildman–Crippen LogP) is 4.89. The molecule has 2 heterocycles. The van der Waals surface area contributed by atoms with Gasteiger partial charge in [-0.25, -0.2) is 9.18 Å². The van der Waals surface area contributed by atoms with Gasteiger partial charge in [0, 0.05) is 18.0 Å². The maximum Gasteiger partial charge on any atom is 0.414 e. The van der Waals surface area contributed by atoms with Crippen LogP contribution in [0.4, 0.5) is 15.1 Å². The van der Waals surface area contributed by atoms with Gasteiger partial charge in [0.2, 0.25) is 5.88 Å². The molecule has 3 rings (SSSR count). The molecule has 1 N–H and O–H groups in total. The standard InChI is InChI=1S/C19H18FN3O3/c1-2-3-12-25-19(24)22-18-16(13-8-10-21-11-9-13)17(23-26-18)14-4-6-15(20)7-5-14/h4-11H,2-3,12H2,1H3,(H,22,24). The van der Waals surface area contributed by atoms with E-state index in [-0.39, 0.29) is 11.7 Å². The normalized spacial score (nSPS) is 10.5. The number of nitrogens with zero attached hydrogens (tertiary/aromatic N) is 2. The van der Waals surface area contributed by atoms with Crippen LogP contribution in [0, 0.1) is 5.82 Å². The first-order valence-corrected chi connectivity index (χ1v) is 8.29. The zero-order valence-electron chi connectivity index (χ0n) is 14.2. The maximum absolute atomic E-state index is 13.2. The number of anilines is 1. The number of rotatable bonds is 6. The quantitative estimate of drug-likeness (QED) is 0.637. The van der Waals surface area contributed by atoms with Crippen LogP contribution in [-0.2, 0) is 4.74 Å². The second-order valence-electron chi connectivity index (χ2n) is 5.59. The largest absolute Gasteiger partial charge is 0.449 e. The Labute approximate surface area is 150 Å². The zero-order chi connectivity index (χ0) is 18.4. The number of hydrogen-bond donors (Lipinski definition) is 1. The molecule has 0 radical (unpaired) electrons. The second kappa shape index (κ2) is 8.24. The molecule has 1 amide bonds. The fraction of sp³-hybridized carbons (Fsp3) is 0.211. The predicted molar refractivity (Wildman–Crippen MR) is 95.0 cm³/mol. The minimum absolute atomic E-state index is 0.164. The lowest BCUT2D eigenvalue weighted by atomic mass is 10.0. The number of aromatic nitrogens is 2. The molecule has 2 aromatic heterocycles. The third-order valence-electron chi connectivity index (χ3n) is 3.73. The van der Waals surface area contributed by atoms with Crippen LogP contribution >= 0.6 is 0 Å². The third-order valence-corrected chi connectivity index (χ3v) is 3.73. The van der Waals surface area contributed by atoms with Crippen molar-refractivity contribution in [3.63, 3.8) is 0 Å². The summed E-state index contributed by atoms with van der Waals surface area (Å²) in [5, 5.41) is 6.64. The van der Waals surface area contributed by atoms with Crippen molar-refractivity contribution in [1.82, 2.24) is 10.1 Å². The molecular formula is C19H18FN3O3. The lowest BCUT2D eigenvalue weighted by molar-refractivity contribution is 0.159. The molecule has 0 fully saturated rings. The summed E-state index contributed by atoms with van der Waals surface area (Å²) < 4.78 is 23.7. The SMILES string of the molecule is CCCCOC(=O)Nc1onc(-c2ccc(F)cc2)c1-c1ccncc1. The average Bonchev–Trinajstić information content (AvgIpc) is 3.06. The van der Waals surface area contributed by atoms with Crippen LogP contribution < -0.4 is 5.32 Å². The van der Waals surface area contributed by atoms with Crippen molar-refractivity contribution >= 4 is 12.0 Å². The van der Waals surface area contributed by atoms with E-state index in [2.05, 4.69) is 15.5 Å². The van der Waals surface area contributed by atoms with E-state index in [1.165, 1.54) is 12.1 Å². The number of pyridine rings is 1. The lowest BCUT2D eigenvalue weighted by Crippen LogP contribution is -2.14. The fourth-order valence-corrected chi connectivity index (χ4v) is 2.40. The lowest BCUT2D eigenvalue weighted by Gasteiger charge is -2.07. The zero-order valence-corrected chi connectivity index (χ0v) is 14.2. The second-order valence-corrected chi connectivity index (χ2v) is 5.59. The summed E-state index contributed by atoms with van der Waals surface area (Å²) in [6.07, 6.45) is 4.34. The van der Waals surface area contributed by atoms with Gasteiger partial charge < -0.3 is 9.26 Å². The van der Waals surface area contributed by atoms with Gasteiger partial charge >= 0.3 is 6.09 Å². The number of carbonyl (C=O) groups is 1. The van der Waals surface area contributed by atoms with Crippen LogP contribution in [0.15, 0.2) is 53.3 Å². The molecule has 0 aliphatic rings. The maximum atomic E-state index is 13.2. The van der Waals surface area contributed by atoms with Crippen molar-refractivity contribution in [2.75, 3.05) is 11.9 Å². The van der Waals surface area contributed by atoms with E-state index in [1.54, 1.807) is 36.7 Å². The van der Waals surface area contributed by atoms with E-state index in [9.17, 15) is 9.18 Å². The monoisotopic (exact) mass is 355 g/mol. The highest BCUT2D eigenvalue weighted by Crippen LogP contribution is 2.37. The highest BCUT2D eigenvalue weighted by atomic mass is 19.1. The highest BCUT2D eigenvalue weighted by molar-refractivity contribution is 5.94. The van der Waals surface area contributed by atoms with Crippen molar-refractivity contribution in [1.29, 1.82) is 0 Å². The summed E-state index contributed by atoms with van der Waals surface area (Å²) in [5.41, 5.74) is 2.48. The van der Waals surface area contributed by atoms with E-state index < -0.39 is 6.09 Å². The first-order chi connectivity index (χ1) is 12.7.